The smallest absolute Gasteiger partial charge is 0.266 e. The van der Waals surface area contributed by atoms with Crippen LogP contribution in [0.2, 0.25) is 5.02 Å². The fourth-order valence-corrected chi connectivity index (χ4v) is 4.37. The van der Waals surface area contributed by atoms with Crippen molar-refractivity contribution < 1.29 is 14.3 Å². The first-order valence-electron chi connectivity index (χ1n) is 8.85. The molecule has 7 heteroatoms. The van der Waals surface area contributed by atoms with Gasteiger partial charge in [0.1, 0.15) is 10.9 Å². The van der Waals surface area contributed by atoms with Crippen LogP contribution in [-0.2, 0) is 11.4 Å². The minimum atomic E-state index is -0.144. The van der Waals surface area contributed by atoms with Crippen LogP contribution in [0, 0.1) is 6.92 Å². The maximum absolute atomic E-state index is 12.5. The van der Waals surface area contributed by atoms with E-state index in [0.29, 0.717) is 38.9 Å². The first-order chi connectivity index (χ1) is 13.9. The molecule has 3 rings (SSSR count). The number of thioether (sulfide) groups is 1. The van der Waals surface area contributed by atoms with E-state index in [2.05, 4.69) is 6.58 Å². The molecule has 0 saturated carbocycles. The fraction of sp³-hybridized carbons (Fsp3) is 0.182. The minimum absolute atomic E-state index is 0.144. The molecular weight excluding hydrogens is 426 g/mol. The highest BCUT2D eigenvalue weighted by Gasteiger charge is 2.31. The van der Waals surface area contributed by atoms with Crippen LogP contribution in [0.15, 0.2) is 54.0 Å². The Hall–Kier alpha value is -2.28. The predicted molar refractivity (Wildman–Crippen MR) is 124 cm³/mol. The quantitative estimate of drug-likeness (QED) is 0.314. The molecule has 1 fully saturated rings. The first-order valence-corrected chi connectivity index (χ1v) is 10.5. The highest BCUT2D eigenvalue weighted by atomic mass is 35.5. The molecule has 0 N–H and O–H groups in total. The molecule has 2 aromatic carbocycles. The second-order valence-corrected chi connectivity index (χ2v) is 8.41. The molecule has 0 aliphatic carbocycles. The van der Waals surface area contributed by atoms with Gasteiger partial charge in [0.05, 0.1) is 17.0 Å². The monoisotopic (exact) mass is 445 g/mol. The van der Waals surface area contributed by atoms with E-state index in [1.165, 1.54) is 16.7 Å². The molecule has 150 valence electrons. The van der Waals surface area contributed by atoms with Crippen LogP contribution in [0.25, 0.3) is 6.08 Å². The van der Waals surface area contributed by atoms with Gasteiger partial charge in [-0.15, -0.1) is 6.58 Å². The van der Waals surface area contributed by atoms with E-state index in [1.54, 1.807) is 31.4 Å². The molecule has 0 atom stereocenters. The lowest BCUT2D eigenvalue weighted by atomic mass is 10.1. The normalized spacial score (nSPS) is 15.1. The topological polar surface area (TPSA) is 38.8 Å². The summed E-state index contributed by atoms with van der Waals surface area (Å²) in [4.78, 5) is 14.6. The average molecular weight is 446 g/mol. The molecule has 29 heavy (non-hydrogen) atoms. The number of rotatable bonds is 7. The van der Waals surface area contributed by atoms with Crippen LogP contribution in [0.4, 0.5) is 0 Å². The van der Waals surface area contributed by atoms with Crippen molar-refractivity contribution in [3.8, 4) is 11.5 Å². The zero-order valence-electron chi connectivity index (χ0n) is 16.1. The molecule has 4 nitrogen and oxygen atoms in total. The number of aryl methyl sites for hydroxylation is 1. The molecule has 1 amide bonds. The third kappa shape index (κ3) is 4.83. The molecular formula is C22H20ClNO3S2. The largest absolute Gasteiger partial charge is 0.493 e. The summed E-state index contributed by atoms with van der Waals surface area (Å²) in [5.74, 6) is 0.822. The van der Waals surface area contributed by atoms with E-state index in [1.807, 2.05) is 31.2 Å². The predicted octanol–water partition coefficient (Wildman–Crippen LogP) is 5.62. The number of hydrogen-bond acceptors (Lipinski definition) is 5. The van der Waals surface area contributed by atoms with Gasteiger partial charge in [-0.3, -0.25) is 9.69 Å². The van der Waals surface area contributed by atoms with Crippen molar-refractivity contribution in [1.29, 1.82) is 0 Å². The van der Waals surface area contributed by atoms with Crippen LogP contribution < -0.4 is 9.47 Å². The Morgan fingerprint density at radius 1 is 1.31 bits per heavy atom. The van der Waals surface area contributed by atoms with Crippen LogP contribution in [0.1, 0.15) is 16.7 Å². The third-order valence-corrected chi connectivity index (χ3v) is 6.03. The van der Waals surface area contributed by atoms with E-state index in [-0.39, 0.29) is 5.91 Å². The summed E-state index contributed by atoms with van der Waals surface area (Å²) in [6, 6.07) is 11.5. The van der Waals surface area contributed by atoms with Crippen LogP contribution >= 0.6 is 35.6 Å². The molecule has 2 aromatic rings. The molecule has 0 bridgehead atoms. The van der Waals surface area contributed by atoms with Crippen LogP contribution in [-0.4, -0.2) is 28.8 Å². The summed E-state index contributed by atoms with van der Waals surface area (Å²) in [6.07, 6.45) is 3.40. The van der Waals surface area contributed by atoms with E-state index in [4.69, 9.17) is 33.3 Å². The molecule has 1 saturated heterocycles. The number of nitrogens with zero attached hydrogens (tertiary/aromatic N) is 1. The van der Waals surface area contributed by atoms with Gasteiger partial charge in [0.15, 0.2) is 11.5 Å². The number of halogens is 1. The van der Waals surface area contributed by atoms with E-state index >= 15 is 0 Å². The summed E-state index contributed by atoms with van der Waals surface area (Å²) in [6.45, 7) is 6.46. The zero-order valence-corrected chi connectivity index (χ0v) is 18.5. The molecule has 1 heterocycles. The number of benzene rings is 2. The number of carbonyl (C=O) groups excluding carboxylic acids is 1. The summed E-state index contributed by atoms with van der Waals surface area (Å²) in [5.41, 5.74) is 2.94. The molecule has 1 aliphatic heterocycles. The van der Waals surface area contributed by atoms with Crippen LogP contribution in [0.3, 0.4) is 0 Å². The minimum Gasteiger partial charge on any atom is -0.493 e. The van der Waals surface area contributed by atoms with Crippen molar-refractivity contribution in [2.45, 2.75) is 13.5 Å². The van der Waals surface area contributed by atoms with Gasteiger partial charge in [-0.25, -0.2) is 0 Å². The highest BCUT2D eigenvalue weighted by Crippen LogP contribution is 2.39. The van der Waals surface area contributed by atoms with Crippen molar-refractivity contribution in [2.24, 2.45) is 0 Å². The standard InChI is InChI=1S/C22H20ClNO3S2/c1-4-9-24-21(25)19(29-22(24)28)12-15-10-17(23)20(18(11-15)26-3)27-13-16-8-6-5-7-14(16)2/h4-8,10-12H,1,9,13H2,2-3H3/b19-12+. The summed E-state index contributed by atoms with van der Waals surface area (Å²) in [5, 5.41) is 0.408. The Morgan fingerprint density at radius 3 is 2.76 bits per heavy atom. The zero-order chi connectivity index (χ0) is 21.0. The first kappa shape index (κ1) is 21.4. The van der Waals surface area contributed by atoms with Gasteiger partial charge in [-0.05, 0) is 41.8 Å². The van der Waals surface area contributed by atoms with Gasteiger partial charge >= 0.3 is 0 Å². The maximum atomic E-state index is 12.5. The molecule has 0 radical (unpaired) electrons. The Bertz CT molecular complexity index is 1000. The average Bonchev–Trinajstić information content (AvgIpc) is 2.95. The molecule has 1 aliphatic rings. The summed E-state index contributed by atoms with van der Waals surface area (Å²) < 4.78 is 11.9. The number of hydrogen-bond donors (Lipinski definition) is 0. The second-order valence-electron chi connectivity index (χ2n) is 6.33. The van der Waals surface area contributed by atoms with Crippen molar-refractivity contribution in [3.05, 3.63) is 75.7 Å². The van der Waals surface area contributed by atoms with E-state index < -0.39 is 0 Å². The SMILES string of the molecule is C=CCN1C(=O)/C(=C\c2cc(Cl)c(OCc3ccccc3C)c(OC)c2)SC1=S. The molecule has 0 spiro atoms. The number of methoxy groups -OCH3 is 1. The maximum Gasteiger partial charge on any atom is 0.266 e. The number of ether oxygens (including phenoxy) is 2. The fourth-order valence-electron chi connectivity index (χ4n) is 2.82. The summed E-state index contributed by atoms with van der Waals surface area (Å²) >= 11 is 13.0. The van der Waals surface area contributed by atoms with Crippen molar-refractivity contribution in [2.75, 3.05) is 13.7 Å². The molecule has 0 unspecified atom stereocenters. The van der Waals surface area contributed by atoms with Crippen LogP contribution in [0.5, 0.6) is 11.5 Å². The van der Waals surface area contributed by atoms with Gasteiger partial charge in [0.2, 0.25) is 0 Å². The third-order valence-electron chi connectivity index (χ3n) is 4.37. The summed E-state index contributed by atoms with van der Waals surface area (Å²) in [7, 11) is 1.56. The van der Waals surface area contributed by atoms with Crippen molar-refractivity contribution >= 4 is 51.9 Å². The Labute approximate surface area is 185 Å². The van der Waals surface area contributed by atoms with Gasteiger partial charge in [-0.1, -0.05) is 65.9 Å². The number of amides is 1. The van der Waals surface area contributed by atoms with E-state index in [0.717, 1.165) is 16.7 Å². The van der Waals surface area contributed by atoms with Gasteiger partial charge in [0.25, 0.3) is 5.91 Å². The number of carbonyl (C=O) groups is 1. The van der Waals surface area contributed by atoms with Gasteiger partial charge in [0, 0.05) is 6.54 Å². The Morgan fingerprint density at radius 2 is 2.07 bits per heavy atom. The lowest BCUT2D eigenvalue weighted by molar-refractivity contribution is -0.121. The molecule has 0 aromatic heterocycles. The van der Waals surface area contributed by atoms with Crippen molar-refractivity contribution in [3.63, 3.8) is 0 Å². The second kappa shape index (κ2) is 9.48. The number of thiocarbonyl (C=S) groups is 1. The lowest BCUT2D eigenvalue weighted by Gasteiger charge is -2.14. The lowest BCUT2D eigenvalue weighted by Crippen LogP contribution is -2.27. The Balaban J connectivity index is 1.85. The van der Waals surface area contributed by atoms with Crippen molar-refractivity contribution in [1.82, 2.24) is 4.90 Å². The highest BCUT2D eigenvalue weighted by molar-refractivity contribution is 8.26. The van der Waals surface area contributed by atoms with E-state index in [9.17, 15) is 4.79 Å². The van der Waals surface area contributed by atoms with Gasteiger partial charge in [-0.2, -0.15) is 0 Å². The Kier molecular flexibility index (Phi) is 7.00. The van der Waals surface area contributed by atoms with Gasteiger partial charge < -0.3 is 9.47 Å².